The van der Waals surface area contributed by atoms with Gasteiger partial charge in [-0.25, -0.2) is 0 Å². The van der Waals surface area contributed by atoms with Gasteiger partial charge in [-0.3, -0.25) is 14.3 Å². The molecule has 1 fully saturated rings. The Morgan fingerprint density at radius 1 is 1.11 bits per heavy atom. The number of fused-ring (bicyclic) bond motifs is 2. The summed E-state index contributed by atoms with van der Waals surface area (Å²) >= 11 is 0. The summed E-state index contributed by atoms with van der Waals surface area (Å²) in [7, 11) is 5.69. The molecule has 0 saturated carbocycles. The Labute approximate surface area is 319 Å². The van der Waals surface area contributed by atoms with Crippen LogP contribution in [0.2, 0.25) is 0 Å². The lowest BCUT2D eigenvalue weighted by molar-refractivity contribution is -0.121. The molecule has 2 unspecified atom stereocenters. The summed E-state index contributed by atoms with van der Waals surface area (Å²) in [6.45, 7) is 7.45. The van der Waals surface area contributed by atoms with E-state index in [1.165, 1.54) is 24.4 Å². The smallest absolute Gasteiger partial charge is 0.255 e. The van der Waals surface area contributed by atoms with Gasteiger partial charge in [-0.05, 0) is 95.4 Å². The minimum atomic E-state index is -0.611. The van der Waals surface area contributed by atoms with Crippen molar-refractivity contribution >= 4 is 53.1 Å². The van der Waals surface area contributed by atoms with Gasteiger partial charge in [-0.15, -0.1) is 0 Å². The zero-order valence-corrected chi connectivity index (χ0v) is 32.5. The number of unbranched alkanes of at least 4 members (excludes halogenated alkanes) is 2. The average molecular weight is 733 g/mol. The largest absolute Gasteiger partial charge is 0.371 e. The highest BCUT2D eigenvalue weighted by atomic mass is 16.2. The number of anilines is 1. The van der Waals surface area contributed by atoms with Crippen LogP contribution in [0.1, 0.15) is 108 Å². The Bertz CT molecular complexity index is 2000. The van der Waals surface area contributed by atoms with Crippen molar-refractivity contribution in [2.45, 2.75) is 90.4 Å². The summed E-state index contributed by atoms with van der Waals surface area (Å²) in [5.41, 5.74) is 9.01. The third-order valence-corrected chi connectivity index (χ3v) is 11.6. The molecule has 286 valence electrons. The fourth-order valence-electron chi connectivity index (χ4n) is 8.02. The van der Waals surface area contributed by atoms with E-state index in [2.05, 4.69) is 95.2 Å². The summed E-state index contributed by atoms with van der Waals surface area (Å²) in [6.07, 6.45) is 13.8. The van der Waals surface area contributed by atoms with Crippen molar-refractivity contribution in [2.24, 2.45) is 5.92 Å². The first-order chi connectivity index (χ1) is 26.1. The molecule has 2 atom stereocenters. The number of aryl methyl sites for hydroxylation is 2. The second kappa shape index (κ2) is 17.4. The number of aromatic nitrogens is 3. The van der Waals surface area contributed by atoms with Crippen molar-refractivity contribution in [3.63, 3.8) is 0 Å². The Kier molecular flexibility index (Phi) is 12.5. The summed E-state index contributed by atoms with van der Waals surface area (Å²) in [4.78, 5) is 46.7. The predicted octanol–water partition coefficient (Wildman–Crippen LogP) is 6.99. The monoisotopic (exact) mass is 732 g/mol. The lowest BCUT2D eigenvalue weighted by Crippen LogP contribution is -2.38. The standard InChI is InChI=1S/C43H56N8O3/c1-29-35-16-13-32(14-17-38-33(26-44)25-39(46-38)30(2)48(4)5)24-41(35)51(47-29)21-8-6-7-10-31-19-22-49(23-20-31)40-12-9-11-36-37(40)27-50(43(36)54)34(28-52)15-18-42(53)45-3/h9,11-14,16-17,24-26,28,30-31,34,44,46H,6-8,10,15,18-23,27H2,1-5H3,(H,45,53)/b17-14+,44-26?. The second-order valence-electron chi connectivity index (χ2n) is 15.2. The molecule has 0 spiro atoms. The molecular formula is C43H56N8O3. The number of H-pyrrole nitrogens is 1. The molecule has 3 N–H and O–H groups in total. The Balaban J connectivity index is 0.986. The lowest BCUT2D eigenvalue weighted by atomic mass is 9.90. The van der Waals surface area contributed by atoms with Gasteiger partial charge in [0.1, 0.15) is 6.29 Å². The van der Waals surface area contributed by atoms with Gasteiger partial charge in [-0.2, -0.15) is 5.10 Å². The first-order valence-corrected chi connectivity index (χ1v) is 19.5. The number of nitrogens with one attached hydrogen (secondary N) is 3. The van der Waals surface area contributed by atoms with Gasteiger partial charge in [0, 0.05) is 91.1 Å². The number of aldehydes is 1. The highest BCUT2D eigenvalue weighted by Crippen LogP contribution is 2.36. The van der Waals surface area contributed by atoms with Gasteiger partial charge >= 0.3 is 0 Å². The molecule has 0 radical (unpaired) electrons. The first kappa shape index (κ1) is 38.7. The number of amides is 2. The van der Waals surface area contributed by atoms with E-state index in [0.717, 1.165) is 96.6 Å². The number of carbonyl (C=O) groups excluding carboxylic acids is 3. The molecule has 54 heavy (non-hydrogen) atoms. The maximum atomic E-state index is 13.3. The summed E-state index contributed by atoms with van der Waals surface area (Å²) in [5.74, 6) is 0.436. The molecule has 2 aromatic carbocycles. The number of rotatable bonds is 17. The van der Waals surface area contributed by atoms with Crippen molar-refractivity contribution in [1.29, 1.82) is 5.41 Å². The fraction of sp³-hybridized carbons (Fsp3) is 0.465. The number of hydrogen-bond donors (Lipinski definition) is 3. The van der Waals surface area contributed by atoms with Crippen LogP contribution in [0.5, 0.6) is 0 Å². The molecule has 0 aliphatic carbocycles. The minimum Gasteiger partial charge on any atom is -0.371 e. The van der Waals surface area contributed by atoms with Crippen LogP contribution in [0.3, 0.4) is 0 Å². The van der Waals surface area contributed by atoms with Crippen LogP contribution in [-0.4, -0.2) is 89.2 Å². The molecule has 0 bridgehead atoms. The van der Waals surface area contributed by atoms with Crippen molar-refractivity contribution in [2.75, 3.05) is 39.1 Å². The molecule has 2 aromatic heterocycles. The van der Waals surface area contributed by atoms with Crippen LogP contribution in [0, 0.1) is 18.3 Å². The van der Waals surface area contributed by atoms with Crippen LogP contribution < -0.4 is 10.2 Å². The number of benzene rings is 2. The molecule has 4 aromatic rings. The van der Waals surface area contributed by atoms with E-state index in [-0.39, 0.29) is 24.3 Å². The number of nitrogens with zero attached hydrogens (tertiary/aromatic N) is 5. The molecule has 2 aliphatic heterocycles. The van der Waals surface area contributed by atoms with E-state index in [9.17, 15) is 14.4 Å². The number of aromatic amines is 1. The van der Waals surface area contributed by atoms with Gasteiger partial charge < -0.3 is 35.2 Å². The first-order valence-electron chi connectivity index (χ1n) is 19.5. The molecule has 6 rings (SSSR count). The molecular weight excluding hydrogens is 677 g/mol. The van der Waals surface area contributed by atoms with Crippen molar-refractivity contribution in [3.05, 3.63) is 81.8 Å². The molecule has 11 nitrogen and oxygen atoms in total. The summed E-state index contributed by atoms with van der Waals surface area (Å²) in [5, 5.41) is 16.6. The molecule has 2 amide bonds. The van der Waals surface area contributed by atoms with Gasteiger partial charge in [0.25, 0.3) is 5.91 Å². The Morgan fingerprint density at radius 2 is 1.91 bits per heavy atom. The molecule has 1 saturated heterocycles. The average Bonchev–Trinajstić information content (AvgIpc) is 3.86. The minimum absolute atomic E-state index is 0.124. The van der Waals surface area contributed by atoms with Crippen molar-refractivity contribution < 1.29 is 14.4 Å². The van der Waals surface area contributed by atoms with Crippen LogP contribution in [-0.2, 0) is 22.7 Å². The Hall–Kier alpha value is -5.03. The predicted molar refractivity (Wildman–Crippen MR) is 217 cm³/mol. The SMILES string of the molecule is CNC(=O)CCC(C=O)N1Cc2c(cccc2N2CCC(CCCCCn3nc(C)c4ccc(/C=C/c5[nH]c(C(C)N(C)C)cc5C=N)cc43)CC2)C1=O. The van der Waals surface area contributed by atoms with Crippen LogP contribution >= 0.6 is 0 Å². The second-order valence-corrected chi connectivity index (χ2v) is 15.2. The number of piperidine rings is 1. The third-order valence-electron chi connectivity index (χ3n) is 11.6. The van der Waals surface area contributed by atoms with E-state index in [0.29, 0.717) is 24.4 Å². The van der Waals surface area contributed by atoms with E-state index in [1.807, 2.05) is 12.1 Å². The number of carbonyl (C=O) groups is 3. The molecule has 11 heteroatoms. The fourth-order valence-corrected chi connectivity index (χ4v) is 8.02. The van der Waals surface area contributed by atoms with E-state index in [1.54, 1.807) is 11.9 Å². The zero-order chi connectivity index (χ0) is 38.4. The van der Waals surface area contributed by atoms with Gasteiger partial charge in [0.2, 0.25) is 5.91 Å². The summed E-state index contributed by atoms with van der Waals surface area (Å²) in [6, 6.07) is 14.1. The van der Waals surface area contributed by atoms with Crippen molar-refractivity contribution in [1.82, 2.24) is 29.9 Å². The van der Waals surface area contributed by atoms with Crippen molar-refractivity contribution in [3.8, 4) is 0 Å². The molecule has 2 aliphatic rings. The third kappa shape index (κ3) is 8.51. The van der Waals surface area contributed by atoms with E-state index < -0.39 is 6.04 Å². The van der Waals surface area contributed by atoms with Gasteiger partial charge in [0.15, 0.2) is 0 Å². The van der Waals surface area contributed by atoms with Crippen LogP contribution in [0.25, 0.3) is 23.1 Å². The highest BCUT2D eigenvalue weighted by molar-refractivity contribution is 6.01. The topological polar surface area (TPSA) is 130 Å². The highest BCUT2D eigenvalue weighted by Gasteiger charge is 2.35. The van der Waals surface area contributed by atoms with Crippen LogP contribution in [0.4, 0.5) is 5.69 Å². The molecule has 4 heterocycles. The number of hydrogen-bond acceptors (Lipinski definition) is 7. The van der Waals surface area contributed by atoms with Crippen LogP contribution in [0.15, 0.2) is 42.5 Å². The van der Waals surface area contributed by atoms with E-state index >= 15 is 0 Å². The maximum Gasteiger partial charge on any atom is 0.255 e. The zero-order valence-electron chi connectivity index (χ0n) is 32.5. The van der Waals surface area contributed by atoms with Gasteiger partial charge in [-0.1, -0.05) is 43.5 Å². The quantitative estimate of drug-likeness (QED) is 0.0610. The lowest BCUT2D eigenvalue weighted by Gasteiger charge is -2.35. The normalized spacial score (nSPS) is 16.1. The summed E-state index contributed by atoms with van der Waals surface area (Å²) < 4.78 is 2.17. The van der Waals surface area contributed by atoms with E-state index in [4.69, 9.17) is 10.5 Å². The maximum absolute atomic E-state index is 13.3. The van der Waals surface area contributed by atoms with Gasteiger partial charge in [0.05, 0.1) is 17.3 Å². The Morgan fingerprint density at radius 3 is 2.63 bits per heavy atom.